The summed E-state index contributed by atoms with van der Waals surface area (Å²) in [7, 11) is 0.865. The van der Waals surface area contributed by atoms with E-state index in [0.717, 1.165) is 14.0 Å². The number of rotatable bonds is 4. The fourth-order valence-electron chi connectivity index (χ4n) is 0.881. The molecule has 0 heterocycles. The van der Waals surface area contributed by atoms with Crippen LogP contribution in [0, 0.1) is 5.92 Å². The van der Waals surface area contributed by atoms with Crippen LogP contribution in [-0.2, 0) is 19.1 Å². The van der Waals surface area contributed by atoms with E-state index in [-0.39, 0.29) is 0 Å². The van der Waals surface area contributed by atoms with Gasteiger partial charge in [-0.15, -0.1) is 0 Å². The molecule has 0 aliphatic heterocycles. The van der Waals surface area contributed by atoms with Gasteiger partial charge < -0.3 is 15.2 Å². The summed E-state index contributed by atoms with van der Waals surface area (Å²) in [5, 5.41) is 9.84. The molecule has 0 unspecified atom stereocenters. The van der Waals surface area contributed by atoms with E-state index in [1.165, 1.54) is 5.32 Å². The molecule has 1 amide bonds. The molecule has 9 heteroatoms. The Morgan fingerprint density at radius 3 is 2.06 bits per heavy atom. The maximum Gasteiger partial charge on any atom is 0.471 e. The van der Waals surface area contributed by atoms with E-state index in [1.54, 1.807) is 0 Å². The maximum absolute atomic E-state index is 11.9. The Hall–Kier alpha value is -1.80. The number of alkyl halides is 3. The highest BCUT2D eigenvalue weighted by Gasteiger charge is 2.43. The smallest absolute Gasteiger partial charge is 0.471 e. The first kappa shape index (κ1) is 15.2. The lowest BCUT2D eigenvalue weighted by Crippen LogP contribution is -2.51. The molecule has 0 aromatic rings. The summed E-state index contributed by atoms with van der Waals surface area (Å²) in [5.41, 5.74) is 0. The lowest BCUT2D eigenvalue weighted by molar-refractivity contribution is -0.176. The second kappa shape index (κ2) is 5.51. The van der Waals surface area contributed by atoms with Gasteiger partial charge in [0.2, 0.25) is 0 Å². The number of amides is 1. The third kappa shape index (κ3) is 4.29. The van der Waals surface area contributed by atoms with E-state index in [4.69, 9.17) is 5.11 Å². The minimum atomic E-state index is -5.20. The number of aliphatic carboxylic acids is 1. The third-order valence-corrected chi connectivity index (χ3v) is 1.89. The molecule has 98 valence electrons. The van der Waals surface area contributed by atoms with Crippen LogP contribution in [0.5, 0.6) is 0 Å². The van der Waals surface area contributed by atoms with Crippen molar-refractivity contribution in [3.63, 3.8) is 0 Å². The summed E-state index contributed by atoms with van der Waals surface area (Å²) in [6.07, 6.45) is -5.20. The normalized spacial score (nSPS) is 14.6. The van der Waals surface area contributed by atoms with E-state index in [9.17, 15) is 27.6 Å². The Kier molecular flexibility index (Phi) is 4.92. The van der Waals surface area contributed by atoms with Crippen molar-refractivity contribution < 1.29 is 37.4 Å². The van der Waals surface area contributed by atoms with Crippen LogP contribution in [0.1, 0.15) is 6.92 Å². The van der Waals surface area contributed by atoms with Crippen molar-refractivity contribution in [3.05, 3.63) is 0 Å². The molecular formula is C8H10F3NO5. The Labute approximate surface area is 93.7 Å². The standard InChI is InChI=1S/C8H10F3NO5/c1-3(5(13)14)4(6(15)17-2)12-7(16)8(9,10)11/h3-4H,1-2H3,(H,12,16)(H,13,14)/t3-,4-/m0/s1. The van der Waals surface area contributed by atoms with Gasteiger partial charge in [-0.1, -0.05) is 0 Å². The molecule has 0 saturated carbocycles. The number of halogens is 3. The fraction of sp³-hybridized carbons (Fsp3) is 0.625. The molecule has 6 nitrogen and oxygen atoms in total. The van der Waals surface area contributed by atoms with E-state index < -0.39 is 36.0 Å². The van der Waals surface area contributed by atoms with E-state index in [2.05, 4.69) is 4.74 Å². The van der Waals surface area contributed by atoms with Gasteiger partial charge in [-0.3, -0.25) is 9.59 Å². The summed E-state index contributed by atoms with van der Waals surface area (Å²) < 4.78 is 39.9. The first-order valence-electron chi connectivity index (χ1n) is 4.29. The molecule has 2 N–H and O–H groups in total. The third-order valence-electron chi connectivity index (χ3n) is 1.89. The number of nitrogens with one attached hydrogen (secondary N) is 1. The summed E-state index contributed by atoms with van der Waals surface area (Å²) in [5.74, 6) is -6.75. The van der Waals surface area contributed by atoms with Crippen molar-refractivity contribution in [1.29, 1.82) is 0 Å². The molecular weight excluding hydrogens is 247 g/mol. The minimum Gasteiger partial charge on any atom is -0.481 e. The lowest BCUT2D eigenvalue weighted by Gasteiger charge is -2.20. The summed E-state index contributed by atoms with van der Waals surface area (Å²) >= 11 is 0. The molecule has 0 rings (SSSR count). The van der Waals surface area contributed by atoms with Gasteiger partial charge in [0.25, 0.3) is 0 Å². The number of methoxy groups -OCH3 is 1. The van der Waals surface area contributed by atoms with Crippen LogP contribution in [0.25, 0.3) is 0 Å². The Morgan fingerprint density at radius 2 is 1.76 bits per heavy atom. The molecule has 0 aromatic carbocycles. The highest BCUT2D eigenvalue weighted by molar-refractivity contribution is 5.90. The van der Waals surface area contributed by atoms with E-state index in [0.29, 0.717) is 0 Å². The van der Waals surface area contributed by atoms with Crippen LogP contribution in [-0.4, -0.2) is 42.3 Å². The molecule has 0 aliphatic carbocycles. The fourth-order valence-corrected chi connectivity index (χ4v) is 0.881. The van der Waals surface area contributed by atoms with E-state index >= 15 is 0 Å². The molecule has 0 fully saturated rings. The Morgan fingerprint density at radius 1 is 1.29 bits per heavy atom. The van der Waals surface area contributed by atoms with Crippen LogP contribution in [0.3, 0.4) is 0 Å². The average molecular weight is 257 g/mol. The quantitative estimate of drug-likeness (QED) is 0.687. The zero-order valence-corrected chi connectivity index (χ0v) is 8.87. The number of carbonyl (C=O) groups is 3. The van der Waals surface area contributed by atoms with Crippen molar-refractivity contribution in [2.24, 2.45) is 5.92 Å². The van der Waals surface area contributed by atoms with Crippen molar-refractivity contribution in [2.75, 3.05) is 7.11 Å². The van der Waals surface area contributed by atoms with Crippen LogP contribution in [0.2, 0.25) is 0 Å². The van der Waals surface area contributed by atoms with Gasteiger partial charge in [0, 0.05) is 0 Å². The number of carboxylic acid groups (broad SMARTS) is 1. The number of hydrogen-bond donors (Lipinski definition) is 2. The largest absolute Gasteiger partial charge is 0.481 e. The SMILES string of the molecule is COC(=O)[C@@H](NC(=O)C(F)(F)F)[C@H](C)C(=O)O. The van der Waals surface area contributed by atoms with Crippen LogP contribution in [0.15, 0.2) is 0 Å². The van der Waals surface area contributed by atoms with Crippen LogP contribution in [0.4, 0.5) is 13.2 Å². The minimum absolute atomic E-state index is 0.865. The number of ether oxygens (including phenoxy) is 1. The summed E-state index contributed by atoms with van der Waals surface area (Å²) in [6.45, 7) is 0.973. The molecule has 0 spiro atoms. The maximum atomic E-state index is 11.9. The second-order valence-corrected chi connectivity index (χ2v) is 3.10. The number of hydrogen-bond acceptors (Lipinski definition) is 4. The summed E-state index contributed by atoms with van der Waals surface area (Å²) in [6, 6.07) is -1.90. The molecule has 0 bridgehead atoms. The van der Waals surface area contributed by atoms with Crippen molar-refractivity contribution in [1.82, 2.24) is 5.32 Å². The van der Waals surface area contributed by atoms with Crippen molar-refractivity contribution in [3.8, 4) is 0 Å². The first-order valence-corrected chi connectivity index (χ1v) is 4.29. The number of carboxylic acids is 1. The highest BCUT2D eigenvalue weighted by atomic mass is 19.4. The highest BCUT2D eigenvalue weighted by Crippen LogP contribution is 2.16. The molecule has 17 heavy (non-hydrogen) atoms. The van der Waals surface area contributed by atoms with Crippen molar-refractivity contribution >= 4 is 17.8 Å². The monoisotopic (exact) mass is 257 g/mol. The molecule has 0 aliphatic rings. The molecule has 2 atom stereocenters. The predicted octanol–water partition coefficient (Wildman–Crippen LogP) is -0.0728. The number of carbonyl (C=O) groups excluding carboxylic acids is 2. The lowest BCUT2D eigenvalue weighted by atomic mass is 10.0. The summed E-state index contributed by atoms with van der Waals surface area (Å²) in [4.78, 5) is 32.2. The van der Waals surface area contributed by atoms with Crippen LogP contribution < -0.4 is 5.32 Å². The van der Waals surface area contributed by atoms with Gasteiger partial charge in [-0.05, 0) is 6.92 Å². The molecule has 0 aromatic heterocycles. The van der Waals surface area contributed by atoms with Gasteiger partial charge in [-0.2, -0.15) is 13.2 Å². The van der Waals surface area contributed by atoms with Gasteiger partial charge >= 0.3 is 24.0 Å². The number of esters is 1. The Balaban J connectivity index is 4.91. The van der Waals surface area contributed by atoms with Crippen LogP contribution >= 0.6 is 0 Å². The first-order chi connectivity index (χ1) is 7.61. The van der Waals surface area contributed by atoms with Crippen molar-refractivity contribution in [2.45, 2.75) is 19.1 Å². The zero-order valence-electron chi connectivity index (χ0n) is 8.87. The zero-order chi connectivity index (χ0) is 13.8. The Bertz CT molecular complexity index is 328. The van der Waals surface area contributed by atoms with Gasteiger partial charge in [0.15, 0.2) is 0 Å². The van der Waals surface area contributed by atoms with Gasteiger partial charge in [0.1, 0.15) is 6.04 Å². The molecule has 0 radical (unpaired) electrons. The topological polar surface area (TPSA) is 92.7 Å². The van der Waals surface area contributed by atoms with Gasteiger partial charge in [0.05, 0.1) is 13.0 Å². The second-order valence-electron chi connectivity index (χ2n) is 3.10. The molecule has 0 saturated heterocycles. The van der Waals surface area contributed by atoms with E-state index in [1.807, 2.05) is 0 Å². The van der Waals surface area contributed by atoms with Gasteiger partial charge in [-0.25, -0.2) is 4.79 Å². The predicted molar refractivity (Wildman–Crippen MR) is 46.8 cm³/mol. The average Bonchev–Trinajstić information content (AvgIpc) is 2.21.